The number of benzene rings is 5. The van der Waals surface area contributed by atoms with Crippen LogP contribution in [0.1, 0.15) is 93.9 Å². The summed E-state index contributed by atoms with van der Waals surface area (Å²) >= 11 is 0. The van der Waals surface area contributed by atoms with E-state index in [1.165, 1.54) is 36.4 Å². The van der Waals surface area contributed by atoms with Crippen LogP contribution in [0.3, 0.4) is 0 Å². The second-order valence-corrected chi connectivity index (χ2v) is 13.1. The number of rotatable bonds is 10. The predicted molar refractivity (Wildman–Crippen MR) is 196 cm³/mol. The van der Waals surface area contributed by atoms with Gasteiger partial charge in [-0.1, -0.05) is 63.1 Å². The lowest BCUT2D eigenvalue weighted by Crippen LogP contribution is -2.15. The van der Waals surface area contributed by atoms with Crippen LogP contribution in [0.2, 0.25) is 0 Å². The van der Waals surface area contributed by atoms with E-state index in [1.807, 2.05) is 6.92 Å². The number of hydrogen-bond donors (Lipinski definition) is 3. The normalized spacial score (nSPS) is 12.2. The quantitative estimate of drug-likeness (QED) is 0.0743. The number of halogens is 12. The summed E-state index contributed by atoms with van der Waals surface area (Å²) < 4.78 is 158. The van der Waals surface area contributed by atoms with Crippen molar-refractivity contribution >= 4 is 6.29 Å². The van der Waals surface area contributed by atoms with Crippen LogP contribution in [0.25, 0.3) is 0 Å². The van der Waals surface area contributed by atoms with Gasteiger partial charge in [-0.15, -0.1) is 0 Å². The number of aldehydes is 1. The maximum Gasteiger partial charge on any atom is 0.417 e. The molecule has 0 aliphatic carbocycles. The van der Waals surface area contributed by atoms with Crippen LogP contribution in [-0.4, -0.2) is 27.8 Å². The van der Waals surface area contributed by atoms with Crippen molar-refractivity contribution < 1.29 is 72.8 Å². The first-order chi connectivity index (χ1) is 27.5. The van der Waals surface area contributed by atoms with Crippen LogP contribution in [0.4, 0.5) is 52.7 Å². The van der Waals surface area contributed by atoms with E-state index in [4.69, 9.17) is 5.11 Å². The van der Waals surface area contributed by atoms with Crippen LogP contribution >= 0.6 is 0 Å². The first kappa shape index (κ1) is 47.7. The number of aryl methyl sites for hydroxylation is 3. The van der Waals surface area contributed by atoms with Crippen molar-refractivity contribution in [2.45, 2.75) is 76.8 Å². The van der Waals surface area contributed by atoms with Crippen molar-refractivity contribution in [2.75, 3.05) is 0 Å². The molecular weight excluding hydrogens is 808 g/mol. The molecule has 5 rings (SSSR count). The molecule has 0 radical (unpaired) electrons. The van der Waals surface area contributed by atoms with Gasteiger partial charge >= 0.3 is 18.5 Å². The van der Waals surface area contributed by atoms with Crippen molar-refractivity contribution in [3.8, 4) is 17.2 Å². The fraction of sp³-hybridized carbons (Fsp3) is 0.279. The molecular formula is C43H38F12O4. The largest absolute Gasteiger partial charge is 0.508 e. The van der Waals surface area contributed by atoms with E-state index in [9.17, 15) is 67.7 Å². The molecule has 0 aliphatic rings. The third-order valence-corrected chi connectivity index (χ3v) is 8.73. The van der Waals surface area contributed by atoms with Gasteiger partial charge in [0.2, 0.25) is 0 Å². The Hall–Kier alpha value is -5.67. The molecule has 4 nitrogen and oxygen atoms in total. The van der Waals surface area contributed by atoms with Crippen molar-refractivity contribution in [1.29, 1.82) is 0 Å². The number of carbonyl (C=O) groups is 1. The molecule has 59 heavy (non-hydrogen) atoms. The van der Waals surface area contributed by atoms with Gasteiger partial charge < -0.3 is 15.3 Å². The van der Waals surface area contributed by atoms with Gasteiger partial charge in [0.15, 0.2) is 6.29 Å². The second kappa shape index (κ2) is 20.3. The Morgan fingerprint density at radius 2 is 1.00 bits per heavy atom. The number of phenols is 3. The van der Waals surface area contributed by atoms with Gasteiger partial charge in [0.1, 0.15) is 34.7 Å². The van der Waals surface area contributed by atoms with E-state index in [0.717, 1.165) is 48.9 Å². The highest BCUT2D eigenvalue weighted by Gasteiger charge is 2.38. The van der Waals surface area contributed by atoms with Crippen molar-refractivity contribution in [1.82, 2.24) is 0 Å². The molecule has 0 saturated heterocycles. The van der Waals surface area contributed by atoms with Crippen LogP contribution in [-0.2, 0) is 31.6 Å². The predicted octanol–water partition coefficient (Wildman–Crippen LogP) is 13.0. The summed E-state index contributed by atoms with van der Waals surface area (Å²) in [6.45, 7) is 3.73. The van der Waals surface area contributed by atoms with Gasteiger partial charge in [-0.25, -0.2) is 13.2 Å². The minimum Gasteiger partial charge on any atom is -0.508 e. The maximum atomic E-state index is 14.8. The zero-order valence-electron chi connectivity index (χ0n) is 31.3. The van der Waals surface area contributed by atoms with Crippen LogP contribution < -0.4 is 0 Å². The van der Waals surface area contributed by atoms with E-state index in [0.29, 0.717) is 30.5 Å². The van der Waals surface area contributed by atoms with Crippen molar-refractivity contribution in [2.24, 2.45) is 0 Å². The Morgan fingerprint density at radius 3 is 1.46 bits per heavy atom. The van der Waals surface area contributed by atoms with Gasteiger partial charge in [-0.05, 0) is 96.1 Å². The maximum absolute atomic E-state index is 14.8. The third-order valence-electron chi connectivity index (χ3n) is 8.73. The van der Waals surface area contributed by atoms with Gasteiger partial charge in [0.25, 0.3) is 0 Å². The summed E-state index contributed by atoms with van der Waals surface area (Å²) in [5, 5.41) is 30.3. The average Bonchev–Trinajstić information content (AvgIpc) is 3.15. The molecule has 5 aromatic rings. The fourth-order valence-corrected chi connectivity index (χ4v) is 6.02. The zero-order chi connectivity index (χ0) is 44.3. The topological polar surface area (TPSA) is 77.8 Å². The monoisotopic (exact) mass is 846 g/mol. The van der Waals surface area contributed by atoms with Crippen LogP contribution in [0, 0.1) is 17.5 Å². The number of aromatic hydroxyl groups is 3. The highest BCUT2D eigenvalue weighted by Crippen LogP contribution is 2.46. The Balaban J connectivity index is 0.000000326. The molecule has 0 heterocycles. The Labute approximate surface area is 331 Å². The molecule has 5 aromatic carbocycles. The molecule has 0 aliphatic heterocycles. The summed E-state index contributed by atoms with van der Waals surface area (Å²) in [7, 11) is 0. The van der Waals surface area contributed by atoms with E-state index < -0.39 is 88.2 Å². The minimum absolute atomic E-state index is 0.111. The standard InChI is InChI=1S/C26H22F8O2.C9H11FO.C8H5F3O/c1-2-5-14-10-22(35)17(12-20(14)27)24(16-6-3-4-7-19(16)26(32,33)34)18-13-21(28)15(11-23(18)36)8-9-25(29,30)31;1-2-3-7-6-8(11)4-5-9(7)10;9-8(10,11)7-4-2-1-3-6(7)5-12/h3-4,6-7,10-13,24,35-36H,2,5,8-9H2,1H3;4-6,11H,2-3H2,1H3;1-5H. The van der Waals surface area contributed by atoms with Gasteiger partial charge in [-0.2, -0.15) is 39.5 Å². The molecule has 0 amide bonds. The molecule has 1 atom stereocenters. The van der Waals surface area contributed by atoms with E-state index in [2.05, 4.69) is 0 Å². The first-order valence-corrected chi connectivity index (χ1v) is 17.9. The molecule has 0 spiro atoms. The molecule has 318 valence electrons. The molecule has 0 bridgehead atoms. The summed E-state index contributed by atoms with van der Waals surface area (Å²) in [5.74, 6) is -5.18. The highest BCUT2D eigenvalue weighted by atomic mass is 19.4. The first-order valence-electron chi connectivity index (χ1n) is 17.9. The number of phenolic OH excluding ortho intramolecular Hbond substituents is 3. The smallest absolute Gasteiger partial charge is 0.417 e. The lowest BCUT2D eigenvalue weighted by atomic mass is 9.80. The van der Waals surface area contributed by atoms with Gasteiger partial charge in [-0.3, -0.25) is 4.79 Å². The molecule has 3 N–H and O–H groups in total. The number of hydrogen-bond acceptors (Lipinski definition) is 4. The third kappa shape index (κ3) is 13.4. The number of carbonyl (C=O) groups excluding carboxylic acids is 1. The minimum atomic E-state index is -4.90. The summed E-state index contributed by atoms with van der Waals surface area (Å²) in [5.41, 5.74) is -3.55. The molecule has 0 saturated carbocycles. The second-order valence-electron chi connectivity index (χ2n) is 13.1. The highest BCUT2D eigenvalue weighted by molar-refractivity contribution is 5.77. The van der Waals surface area contributed by atoms with E-state index in [-0.39, 0.29) is 41.0 Å². The molecule has 1 unspecified atom stereocenters. The SMILES string of the molecule is CCCc1cc(O)c(C(c2cc(F)c(CCC(F)(F)F)cc2O)c2ccccc2C(F)(F)F)cc1F.CCCc1cc(O)ccc1F.O=Cc1ccccc1C(F)(F)F. The lowest BCUT2D eigenvalue weighted by Gasteiger charge is -2.25. The van der Waals surface area contributed by atoms with Crippen LogP contribution in [0.5, 0.6) is 17.2 Å². The average molecular weight is 847 g/mol. The summed E-state index contributed by atoms with van der Waals surface area (Å²) in [6.07, 6.45) is -13.6. The van der Waals surface area contributed by atoms with Crippen molar-refractivity contribution in [3.63, 3.8) is 0 Å². The summed E-state index contributed by atoms with van der Waals surface area (Å²) in [4.78, 5) is 10.2. The Morgan fingerprint density at radius 1 is 0.542 bits per heavy atom. The molecule has 16 heteroatoms. The van der Waals surface area contributed by atoms with Crippen LogP contribution in [0.15, 0.2) is 91.0 Å². The van der Waals surface area contributed by atoms with E-state index >= 15 is 0 Å². The zero-order valence-corrected chi connectivity index (χ0v) is 31.3. The summed E-state index contributed by atoms with van der Waals surface area (Å²) in [6, 6.07) is 16.1. The fourth-order valence-electron chi connectivity index (χ4n) is 6.02. The van der Waals surface area contributed by atoms with Crippen molar-refractivity contribution in [3.05, 3.63) is 159 Å². The number of alkyl halides is 9. The van der Waals surface area contributed by atoms with Gasteiger partial charge in [0.05, 0.1) is 11.1 Å². The van der Waals surface area contributed by atoms with E-state index in [1.54, 1.807) is 6.92 Å². The Kier molecular flexibility index (Phi) is 16.4. The lowest BCUT2D eigenvalue weighted by molar-refractivity contribution is -0.138. The molecule has 0 aromatic heterocycles. The Bertz CT molecular complexity index is 2180. The van der Waals surface area contributed by atoms with Gasteiger partial charge in [0, 0.05) is 29.0 Å². The molecule has 0 fully saturated rings.